The summed E-state index contributed by atoms with van der Waals surface area (Å²) in [5.74, 6) is 0. The quantitative estimate of drug-likeness (QED) is 0.419. The zero-order valence-corrected chi connectivity index (χ0v) is 12.4. The van der Waals surface area contributed by atoms with Crippen LogP contribution in [0.4, 0.5) is 0 Å². The van der Waals surface area contributed by atoms with Crippen LogP contribution >= 0.6 is 0 Å². The first-order chi connectivity index (χ1) is 6.91. The van der Waals surface area contributed by atoms with Crippen molar-refractivity contribution < 1.29 is 10.2 Å². The summed E-state index contributed by atoms with van der Waals surface area (Å²) in [6.45, 7) is 0.697. The second kappa shape index (κ2) is 17.3. The zero-order valence-electron chi connectivity index (χ0n) is 10.4. The Labute approximate surface area is 117 Å². The molecule has 0 bridgehead atoms. The molecule has 0 rings (SSSR count). The van der Waals surface area contributed by atoms with E-state index < -0.39 is 0 Å². The van der Waals surface area contributed by atoms with E-state index >= 15 is 0 Å². The summed E-state index contributed by atoms with van der Waals surface area (Å²) in [7, 11) is 0. The van der Waals surface area contributed by atoms with Crippen molar-refractivity contribution in [2.24, 2.45) is 0 Å². The van der Waals surface area contributed by atoms with E-state index in [2.05, 4.69) is 0 Å². The van der Waals surface area contributed by atoms with Crippen LogP contribution in [0.3, 0.4) is 0 Å². The number of hydrogen-bond donors (Lipinski definition) is 2. The van der Waals surface area contributed by atoms with E-state index in [1.54, 1.807) is 0 Å². The van der Waals surface area contributed by atoms with Crippen LogP contribution in [0.25, 0.3) is 0 Å². The summed E-state index contributed by atoms with van der Waals surface area (Å²) >= 11 is 0. The number of aliphatic hydroxyl groups is 2. The van der Waals surface area contributed by atoms with Crippen LogP contribution < -0.4 is 0 Å². The number of hydrogen-bond acceptors (Lipinski definition) is 2. The van der Waals surface area contributed by atoms with Crippen LogP contribution in [0.15, 0.2) is 0 Å². The van der Waals surface area contributed by atoms with Gasteiger partial charge >= 0.3 is 0 Å². The van der Waals surface area contributed by atoms with E-state index in [0.29, 0.717) is 13.2 Å². The minimum atomic E-state index is 0. The Morgan fingerprint density at radius 1 is 0.400 bits per heavy atom. The minimum Gasteiger partial charge on any atom is -0.396 e. The zero-order chi connectivity index (χ0) is 10.5. The van der Waals surface area contributed by atoms with Gasteiger partial charge in [0.1, 0.15) is 0 Å². The maximum absolute atomic E-state index is 8.57. The van der Waals surface area contributed by atoms with Crippen LogP contribution in [0, 0.1) is 0 Å². The Hall–Kier alpha value is 0.920. The van der Waals surface area contributed by atoms with Gasteiger partial charge in [-0.05, 0) is 12.8 Å². The molecular weight excluding hydrogens is 199 g/mol. The molecule has 0 heterocycles. The first-order valence-corrected chi connectivity index (χ1v) is 6.13. The molecule has 1 radical (unpaired) electrons. The number of aliphatic hydroxyl groups excluding tert-OH is 2. The van der Waals surface area contributed by atoms with E-state index in [1.165, 1.54) is 51.4 Å². The molecule has 0 atom stereocenters. The normalized spacial score (nSPS) is 10.0. The summed E-state index contributed by atoms with van der Waals surface area (Å²) in [6, 6.07) is 0. The van der Waals surface area contributed by atoms with E-state index in [0.717, 1.165) is 12.8 Å². The molecule has 87 valence electrons. The van der Waals surface area contributed by atoms with Crippen LogP contribution in [-0.2, 0) is 0 Å². The first kappa shape index (κ1) is 18.3. The largest absolute Gasteiger partial charge is 0.396 e. The maximum atomic E-state index is 8.57. The average molecular weight is 225 g/mol. The van der Waals surface area contributed by atoms with Crippen LogP contribution in [0.2, 0.25) is 0 Å². The van der Waals surface area contributed by atoms with Gasteiger partial charge in [-0.1, -0.05) is 51.4 Å². The maximum Gasteiger partial charge on any atom is 0.0431 e. The molecule has 0 spiro atoms. The van der Waals surface area contributed by atoms with Crippen molar-refractivity contribution in [1.29, 1.82) is 0 Å². The summed E-state index contributed by atoms with van der Waals surface area (Å²) in [5.41, 5.74) is 0. The molecule has 0 saturated heterocycles. The second-order valence-electron chi connectivity index (χ2n) is 3.98. The molecule has 0 aromatic heterocycles. The number of rotatable bonds is 11. The third-order valence-corrected chi connectivity index (χ3v) is 2.57. The summed E-state index contributed by atoms with van der Waals surface area (Å²) < 4.78 is 0. The monoisotopic (exact) mass is 225 g/mol. The van der Waals surface area contributed by atoms with Crippen molar-refractivity contribution in [3.8, 4) is 0 Å². The molecule has 0 amide bonds. The van der Waals surface area contributed by atoms with E-state index in [4.69, 9.17) is 10.2 Å². The predicted molar refractivity (Wildman–Crippen MR) is 66.1 cm³/mol. The van der Waals surface area contributed by atoms with E-state index in [-0.39, 0.29) is 29.6 Å². The van der Waals surface area contributed by atoms with Gasteiger partial charge in [0.2, 0.25) is 0 Å². The molecule has 0 aromatic carbocycles. The van der Waals surface area contributed by atoms with Gasteiger partial charge in [-0.25, -0.2) is 0 Å². The Morgan fingerprint density at radius 2 is 0.600 bits per heavy atom. The third-order valence-electron chi connectivity index (χ3n) is 2.57. The molecule has 0 aromatic rings. The molecule has 2 N–H and O–H groups in total. The smallest absolute Gasteiger partial charge is 0.0431 e. The van der Waals surface area contributed by atoms with Gasteiger partial charge in [-0.2, -0.15) is 0 Å². The second-order valence-corrected chi connectivity index (χ2v) is 3.98. The fourth-order valence-electron chi connectivity index (χ4n) is 1.64. The summed E-state index contributed by atoms with van der Waals surface area (Å²) in [5, 5.41) is 17.1. The Balaban J connectivity index is 0. The van der Waals surface area contributed by atoms with Gasteiger partial charge in [0, 0.05) is 42.8 Å². The van der Waals surface area contributed by atoms with Crippen LogP contribution in [0.5, 0.6) is 0 Å². The van der Waals surface area contributed by atoms with E-state index in [1.807, 2.05) is 0 Å². The van der Waals surface area contributed by atoms with Gasteiger partial charge in [-0.3, -0.25) is 0 Å². The van der Waals surface area contributed by atoms with Crippen molar-refractivity contribution in [2.45, 2.75) is 64.2 Å². The standard InChI is InChI=1S/C12H26O2.Na/c13-11-9-7-5-3-1-2-4-6-8-10-12-14;/h13-14H,1-12H2;. The van der Waals surface area contributed by atoms with Crippen molar-refractivity contribution in [2.75, 3.05) is 13.2 Å². The molecular formula is C12H26NaO2. The molecule has 0 unspecified atom stereocenters. The van der Waals surface area contributed by atoms with Crippen molar-refractivity contribution >= 4 is 29.6 Å². The molecule has 15 heavy (non-hydrogen) atoms. The van der Waals surface area contributed by atoms with Gasteiger partial charge < -0.3 is 10.2 Å². The molecule has 0 aliphatic rings. The Morgan fingerprint density at radius 3 is 0.800 bits per heavy atom. The Bertz CT molecular complexity index is 87.6. The molecule has 0 aliphatic carbocycles. The minimum absolute atomic E-state index is 0. The van der Waals surface area contributed by atoms with Crippen LogP contribution in [0.1, 0.15) is 64.2 Å². The van der Waals surface area contributed by atoms with Crippen LogP contribution in [-0.4, -0.2) is 53.0 Å². The predicted octanol–water partition coefficient (Wildman–Crippen LogP) is 2.49. The Kier molecular flexibility index (Phi) is 21.1. The molecule has 2 nitrogen and oxygen atoms in total. The fourth-order valence-corrected chi connectivity index (χ4v) is 1.64. The van der Waals surface area contributed by atoms with Crippen molar-refractivity contribution in [1.82, 2.24) is 0 Å². The molecule has 0 aliphatic heterocycles. The van der Waals surface area contributed by atoms with Gasteiger partial charge in [-0.15, -0.1) is 0 Å². The number of unbranched alkanes of at least 4 members (excludes halogenated alkanes) is 9. The topological polar surface area (TPSA) is 40.5 Å². The first-order valence-electron chi connectivity index (χ1n) is 6.13. The van der Waals surface area contributed by atoms with Gasteiger partial charge in [0.25, 0.3) is 0 Å². The molecule has 0 fully saturated rings. The molecule has 3 heteroatoms. The summed E-state index contributed by atoms with van der Waals surface area (Å²) in [6.07, 6.45) is 12.2. The summed E-state index contributed by atoms with van der Waals surface area (Å²) in [4.78, 5) is 0. The molecule has 0 saturated carbocycles. The van der Waals surface area contributed by atoms with E-state index in [9.17, 15) is 0 Å². The fraction of sp³-hybridized carbons (Fsp3) is 1.00. The third kappa shape index (κ3) is 17.5. The van der Waals surface area contributed by atoms with Gasteiger partial charge in [0.05, 0.1) is 0 Å². The van der Waals surface area contributed by atoms with Crippen molar-refractivity contribution in [3.05, 3.63) is 0 Å². The SMILES string of the molecule is OCCCCCCCCCCCCO.[Na]. The van der Waals surface area contributed by atoms with Crippen molar-refractivity contribution in [3.63, 3.8) is 0 Å². The van der Waals surface area contributed by atoms with Gasteiger partial charge in [0.15, 0.2) is 0 Å². The average Bonchev–Trinajstić information content (AvgIpc) is 2.21.